The van der Waals surface area contributed by atoms with Gasteiger partial charge >= 0.3 is 0 Å². The van der Waals surface area contributed by atoms with Gasteiger partial charge < -0.3 is 15.5 Å². The van der Waals surface area contributed by atoms with Crippen LogP contribution in [0, 0.1) is 5.41 Å². The number of nitrogens with one attached hydrogen (secondary N) is 1. The first-order valence-corrected chi connectivity index (χ1v) is 14.4. The Morgan fingerprint density at radius 2 is 1.40 bits per heavy atom. The summed E-state index contributed by atoms with van der Waals surface area (Å²) in [4.78, 5) is 12.4. The first-order valence-electron chi connectivity index (χ1n) is 12.5. The maximum absolute atomic E-state index is 12.4. The van der Waals surface area contributed by atoms with E-state index in [1.165, 1.54) is 10.4 Å². The van der Waals surface area contributed by atoms with E-state index in [0.717, 1.165) is 6.42 Å². The van der Waals surface area contributed by atoms with Crippen LogP contribution in [0.3, 0.4) is 0 Å². The lowest BCUT2D eigenvalue weighted by molar-refractivity contribution is -0.123. The largest absolute Gasteiger partial charge is 0.404 e. The molecule has 0 aliphatic carbocycles. The maximum Gasteiger partial charge on any atom is 0.261 e. The predicted molar refractivity (Wildman–Crippen MR) is 151 cm³/mol. The van der Waals surface area contributed by atoms with Gasteiger partial charge in [-0.25, -0.2) is 0 Å². The third-order valence-electron chi connectivity index (χ3n) is 6.35. The van der Waals surface area contributed by atoms with Crippen molar-refractivity contribution in [3.63, 3.8) is 0 Å². The molecule has 0 aliphatic heterocycles. The molecule has 0 heterocycles. The van der Waals surface area contributed by atoms with Gasteiger partial charge in [-0.3, -0.25) is 4.79 Å². The summed E-state index contributed by atoms with van der Waals surface area (Å²) in [5, 5.41) is 5.28. The minimum absolute atomic E-state index is 0.0399. The molecule has 0 fully saturated rings. The lowest BCUT2D eigenvalue weighted by Crippen LogP contribution is -2.67. The number of hydrogen-bond acceptors (Lipinski definition) is 3. The fraction of sp³-hybridized carbons (Fsp3) is 0.433. The molecule has 0 saturated carbocycles. The third kappa shape index (κ3) is 7.50. The number of carbonyl (C=O) groups excluding carboxylic acids is 1. The second-order valence-electron chi connectivity index (χ2n) is 11.2. The molecule has 2 aromatic rings. The summed E-state index contributed by atoms with van der Waals surface area (Å²) < 4.78 is 7.28. The van der Waals surface area contributed by atoms with Crippen molar-refractivity contribution in [2.45, 2.75) is 78.5 Å². The molecule has 0 unspecified atom stereocenters. The fourth-order valence-electron chi connectivity index (χ4n) is 4.27. The highest BCUT2D eigenvalue weighted by atomic mass is 28.4. The molecule has 0 aliphatic rings. The smallest absolute Gasteiger partial charge is 0.261 e. The molecule has 0 spiro atoms. The van der Waals surface area contributed by atoms with Crippen molar-refractivity contribution >= 4 is 24.6 Å². The quantitative estimate of drug-likeness (QED) is 0.350. The second-order valence-corrected chi connectivity index (χ2v) is 15.5. The molecule has 2 rings (SSSR count). The van der Waals surface area contributed by atoms with Crippen molar-refractivity contribution in [1.82, 2.24) is 5.32 Å². The molecule has 5 heteroatoms. The average Bonchev–Trinajstić information content (AvgIpc) is 2.82. The molecule has 0 aromatic heterocycles. The van der Waals surface area contributed by atoms with Gasteiger partial charge in [0.15, 0.2) is 0 Å². The number of hydrogen-bond donors (Lipinski definition) is 2. The molecule has 1 amide bonds. The summed E-state index contributed by atoms with van der Waals surface area (Å²) in [6, 6.07) is 20.8. The lowest BCUT2D eigenvalue weighted by Gasteiger charge is -2.45. The zero-order chi connectivity index (χ0) is 26.1. The molecular formula is C30H44N2O2Si. The van der Waals surface area contributed by atoms with Crippen LogP contribution in [0.25, 0.3) is 0 Å². The van der Waals surface area contributed by atoms with Gasteiger partial charge in [0.2, 0.25) is 5.91 Å². The predicted octanol–water partition coefficient (Wildman–Crippen LogP) is 5.29. The second kappa shape index (κ2) is 12.5. The molecule has 4 nitrogen and oxygen atoms in total. The molecule has 2 aromatic carbocycles. The van der Waals surface area contributed by atoms with Crippen molar-refractivity contribution in [2.24, 2.45) is 11.1 Å². The monoisotopic (exact) mass is 492 g/mol. The van der Waals surface area contributed by atoms with Gasteiger partial charge in [-0.15, -0.1) is 0 Å². The van der Waals surface area contributed by atoms with Crippen LogP contribution in [0.5, 0.6) is 0 Å². The summed E-state index contributed by atoms with van der Waals surface area (Å²) in [5.41, 5.74) is 5.79. The number of nitrogens with two attached hydrogens (primary N) is 1. The highest BCUT2D eigenvalue weighted by Crippen LogP contribution is 2.38. The van der Waals surface area contributed by atoms with Crippen molar-refractivity contribution in [3.8, 4) is 0 Å². The standard InChI is InChI=1S/C30H44N2O2Si/c1-8-9-17-24(18-16-23-32-28(33)27(31)29(2,3)4)34-35(30(5,6)7,25-19-12-10-13-20-25)26-21-14-11-15-22-26/h8-16,19-24,27H,17-18,31H2,1-7H3,(H,32,33)/b9-8?,23-16-/t24-,27+/m0/s1. The van der Waals surface area contributed by atoms with Crippen LogP contribution in [0.4, 0.5) is 0 Å². The molecule has 0 radical (unpaired) electrons. The Labute approximate surface area is 213 Å². The van der Waals surface area contributed by atoms with E-state index in [1.54, 1.807) is 6.20 Å². The molecule has 190 valence electrons. The average molecular weight is 493 g/mol. The first kappa shape index (κ1) is 28.8. The summed E-state index contributed by atoms with van der Waals surface area (Å²) in [7, 11) is -2.66. The molecule has 0 saturated heterocycles. The van der Waals surface area contributed by atoms with Gasteiger partial charge in [0.1, 0.15) is 0 Å². The number of carbonyl (C=O) groups is 1. The van der Waals surface area contributed by atoms with Gasteiger partial charge in [-0.1, -0.05) is 120 Å². The van der Waals surface area contributed by atoms with Gasteiger partial charge in [0, 0.05) is 0 Å². The van der Waals surface area contributed by atoms with Crippen molar-refractivity contribution in [3.05, 3.63) is 85.1 Å². The highest BCUT2D eigenvalue weighted by Gasteiger charge is 2.51. The van der Waals surface area contributed by atoms with E-state index in [1.807, 2.05) is 33.8 Å². The van der Waals surface area contributed by atoms with Crippen molar-refractivity contribution in [2.75, 3.05) is 0 Å². The van der Waals surface area contributed by atoms with E-state index in [2.05, 4.69) is 98.9 Å². The summed E-state index contributed by atoms with van der Waals surface area (Å²) in [6.07, 6.45) is 9.35. The van der Waals surface area contributed by atoms with Gasteiger partial charge in [-0.05, 0) is 46.8 Å². The Hall–Kier alpha value is -2.47. The number of allylic oxidation sites excluding steroid dienone is 1. The Kier molecular flexibility index (Phi) is 10.3. The maximum atomic E-state index is 12.4. The number of benzene rings is 2. The van der Waals surface area contributed by atoms with Crippen LogP contribution in [0.1, 0.15) is 61.3 Å². The van der Waals surface area contributed by atoms with Crippen molar-refractivity contribution in [1.29, 1.82) is 0 Å². The van der Waals surface area contributed by atoms with Crippen LogP contribution in [-0.4, -0.2) is 26.4 Å². The summed E-state index contributed by atoms with van der Waals surface area (Å²) in [5.74, 6) is -0.174. The van der Waals surface area contributed by atoms with E-state index >= 15 is 0 Å². The Bertz CT molecular complexity index is 933. The van der Waals surface area contributed by atoms with E-state index in [-0.39, 0.29) is 22.5 Å². The SMILES string of the molecule is CC=CC[C@@H](C/C=C\NC(=O)[C@@H](N)C(C)(C)C)O[Si](c1ccccc1)(c1ccccc1)C(C)(C)C. The molecule has 0 bridgehead atoms. The van der Waals surface area contributed by atoms with E-state index in [0.29, 0.717) is 6.42 Å². The Morgan fingerprint density at radius 3 is 1.83 bits per heavy atom. The number of rotatable bonds is 10. The van der Waals surface area contributed by atoms with Crippen molar-refractivity contribution < 1.29 is 9.22 Å². The zero-order valence-corrected chi connectivity index (χ0v) is 23.5. The molecule has 3 N–H and O–H groups in total. The fourth-order valence-corrected chi connectivity index (χ4v) is 8.97. The van der Waals surface area contributed by atoms with Gasteiger partial charge in [0.25, 0.3) is 8.32 Å². The normalized spacial score (nSPS) is 14.9. The van der Waals surface area contributed by atoms with Gasteiger partial charge in [0.05, 0.1) is 12.1 Å². The first-order chi connectivity index (χ1) is 16.4. The Balaban J connectivity index is 2.39. The molecular weight excluding hydrogens is 448 g/mol. The number of amides is 1. The zero-order valence-electron chi connectivity index (χ0n) is 22.5. The lowest BCUT2D eigenvalue weighted by atomic mass is 9.87. The highest BCUT2D eigenvalue weighted by molar-refractivity contribution is 6.99. The van der Waals surface area contributed by atoms with E-state index < -0.39 is 14.4 Å². The van der Waals surface area contributed by atoms with Crippen LogP contribution in [0.2, 0.25) is 5.04 Å². The van der Waals surface area contributed by atoms with Gasteiger partial charge in [-0.2, -0.15) is 0 Å². The minimum atomic E-state index is -2.66. The molecule has 35 heavy (non-hydrogen) atoms. The Morgan fingerprint density at radius 1 is 0.914 bits per heavy atom. The minimum Gasteiger partial charge on any atom is -0.404 e. The van der Waals surface area contributed by atoms with Crippen LogP contribution >= 0.6 is 0 Å². The third-order valence-corrected chi connectivity index (χ3v) is 11.4. The molecule has 2 atom stereocenters. The summed E-state index contributed by atoms with van der Waals surface area (Å²) >= 11 is 0. The topological polar surface area (TPSA) is 64.4 Å². The van der Waals surface area contributed by atoms with Crippen LogP contribution in [0.15, 0.2) is 85.1 Å². The summed E-state index contributed by atoms with van der Waals surface area (Å²) in [6.45, 7) is 14.8. The van der Waals surface area contributed by atoms with E-state index in [9.17, 15) is 4.79 Å². The van der Waals surface area contributed by atoms with Crippen LogP contribution < -0.4 is 21.4 Å². The van der Waals surface area contributed by atoms with E-state index in [4.69, 9.17) is 10.2 Å². The van der Waals surface area contributed by atoms with Crippen LogP contribution in [-0.2, 0) is 9.22 Å².